The minimum absolute atomic E-state index is 0.0873. The van der Waals surface area contributed by atoms with Crippen LogP contribution in [0, 0.1) is 5.92 Å². The Bertz CT molecular complexity index is 473. The van der Waals surface area contributed by atoms with Gasteiger partial charge in [-0.05, 0) is 24.1 Å². The molecule has 0 saturated carbocycles. The molecule has 1 atom stereocenters. The van der Waals surface area contributed by atoms with Gasteiger partial charge in [0.05, 0.1) is 5.92 Å². The van der Waals surface area contributed by atoms with Gasteiger partial charge in [0.15, 0.2) is 6.61 Å². The predicted octanol–water partition coefficient (Wildman–Crippen LogP) is 1.81. The smallest absolute Gasteiger partial charge is 0.308 e. The second kappa shape index (κ2) is 7.53. The zero-order valence-electron chi connectivity index (χ0n) is 12.1. The Morgan fingerprint density at radius 2 is 2.10 bits per heavy atom. The molecule has 0 aromatic heterocycles. The number of carboxylic acids is 1. The normalized spacial score (nSPS) is 11.8. The van der Waals surface area contributed by atoms with Gasteiger partial charge in [0, 0.05) is 13.6 Å². The molecule has 0 spiro atoms. The van der Waals surface area contributed by atoms with Crippen molar-refractivity contribution in [1.82, 2.24) is 4.90 Å². The lowest BCUT2D eigenvalue weighted by molar-refractivity contribution is -0.143. The van der Waals surface area contributed by atoms with E-state index in [0.29, 0.717) is 5.75 Å². The Balaban J connectivity index is 2.47. The Morgan fingerprint density at radius 3 is 2.70 bits per heavy atom. The van der Waals surface area contributed by atoms with Crippen LogP contribution in [0.1, 0.15) is 19.4 Å². The molecule has 110 valence electrons. The SMILES string of the molecule is CCc1cccc(OCC(=O)N(C)CC(C)C(=O)O)c1. The highest BCUT2D eigenvalue weighted by Gasteiger charge is 2.17. The number of hydrogen-bond acceptors (Lipinski definition) is 3. The van der Waals surface area contributed by atoms with E-state index in [1.807, 2.05) is 25.1 Å². The van der Waals surface area contributed by atoms with Gasteiger partial charge < -0.3 is 14.7 Å². The van der Waals surface area contributed by atoms with Crippen LogP contribution < -0.4 is 4.74 Å². The Hall–Kier alpha value is -2.04. The molecule has 1 N–H and O–H groups in total. The summed E-state index contributed by atoms with van der Waals surface area (Å²) in [5, 5.41) is 8.81. The molecule has 0 saturated heterocycles. The standard InChI is InChI=1S/C15H21NO4/c1-4-12-6-5-7-13(8-12)20-10-14(17)16(3)9-11(2)15(18)19/h5-8,11H,4,9-10H2,1-3H3,(H,18,19). The van der Waals surface area contributed by atoms with Crippen molar-refractivity contribution >= 4 is 11.9 Å². The monoisotopic (exact) mass is 279 g/mol. The van der Waals surface area contributed by atoms with Crippen molar-refractivity contribution in [3.8, 4) is 5.75 Å². The number of aliphatic carboxylic acids is 1. The van der Waals surface area contributed by atoms with Gasteiger partial charge in [0.2, 0.25) is 0 Å². The van der Waals surface area contributed by atoms with Crippen LogP contribution in [0.2, 0.25) is 0 Å². The number of likely N-dealkylation sites (N-methyl/N-ethyl adjacent to an activating group) is 1. The first-order valence-electron chi connectivity index (χ1n) is 6.62. The van der Waals surface area contributed by atoms with Gasteiger partial charge in [0.1, 0.15) is 5.75 Å². The molecule has 0 aliphatic carbocycles. The lowest BCUT2D eigenvalue weighted by Crippen LogP contribution is -2.36. The molecule has 5 heteroatoms. The number of aryl methyl sites for hydroxylation is 1. The third-order valence-corrected chi connectivity index (χ3v) is 3.06. The first kappa shape index (κ1) is 16.0. The molecule has 1 amide bonds. The fourth-order valence-electron chi connectivity index (χ4n) is 1.70. The Labute approximate surface area is 119 Å². The molecule has 0 radical (unpaired) electrons. The van der Waals surface area contributed by atoms with Crippen molar-refractivity contribution in [3.63, 3.8) is 0 Å². The third kappa shape index (κ3) is 4.91. The van der Waals surface area contributed by atoms with Crippen LogP contribution >= 0.6 is 0 Å². The molecular formula is C15H21NO4. The van der Waals surface area contributed by atoms with E-state index in [0.717, 1.165) is 12.0 Å². The van der Waals surface area contributed by atoms with E-state index in [4.69, 9.17) is 9.84 Å². The number of carbonyl (C=O) groups is 2. The molecule has 0 aliphatic rings. The number of hydrogen-bond donors (Lipinski definition) is 1. The van der Waals surface area contributed by atoms with Crippen LogP contribution in [0.15, 0.2) is 24.3 Å². The van der Waals surface area contributed by atoms with Gasteiger partial charge in [-0.3, -0.25) is 9.59 Å². The summed E-state index contributed by atoms with van der Waals surface area (Å²) in [5.41, 5.74) is 1.14. The van der Waals surface area contributed by atoms with E-state index in [1.54, 1.807) is 20.0 Å². The number of nitrogens with zero attached hydrogens (tertiary/aromatic N) is 1. The van der Waals surface area contributed by atoms with Crippen molar-refractivity contribution in [1.29, 1.82) is 0 Å². The fraction of sp³-hybridized carbons (Fsp3) is 0.467. The summed E-state index contributed by atoms with van der Waals surface area (Å²) in [5.74, 6) is -1.09. The van der Waals surface area contributed by atoms with Crippen molar-refractivity contribution in [2.45, 2.75) is 20.3 Å². The van der Waals surface area contributed by atoms with Gasteiger partial charge in [-0.25, -0.2) is 0 Å². The molecule has 1 aromatic carbocycles. The second-order valence-corrected chi connectivity index (χ2v) is 4.80. The first-order chi connectivity index (χ1) is 9.43. The molecule has 5 nitrogen and oxygen atoms in total. The van der Waals surface area contributed by atoms with Crippen LogP contribution in [-0.2, 0) is 16.0 Å². The van der Waals surface area contributed by atoms with Gasteiger partial charge in [-0.15, -0.1) is 0 Å². The molecule has 1 unspecified atom stereocenters. The van der Waals surface area contributed by atoms with E-state index in [2.05, 4.69) is 0 Å². The van der Waals surface area contributed by atoms with E-state index in [9.17, 15) is 9.59 Å². The predicted molar refractivity (Wildman–Crippen MR) is 75.8 cm³/mol. The third-order valence-electron chi connectivity index (χ3n) is 3.06. The summed E-state index contributed by atoms with van der Waals surface area (Å²) in [6.07, 6.45) is 0.904. The minimum Gasteiger partial charge on any atom is -0.484 e. The fourth-order valence-corrected chi connectivity index (χ4v) is 1.70. The van der Waals surface area contributed by atoms with Crippen molar-refractivity contribution in [3.05, 3.63) is 29.8 Å². The summed E-state index contributed by atoms with van der Waals surface area (Å²) < 4.78 is 5.43. The lowest BCUT2D eigenvalue weighted by Gasteiger charge is -2.19. The van der Waals surface area contributed by atoms with E-state index < -0.39 is 11.9 Å². The van der Waals surface area contributed by atoms with Gasteiger partial charge in [-0.1, -0.05) is 26.0 Å². The average Bonchev–Trinajstić information content (AvgIpc) is 2.44. The molecule has 1 aromatic rings. The first-order valence-corrected chi connectivity index (χ1v) is 6.62. The van der Waals surface area contributed by atoms with E-state index in [1.165, 1.54) is 4.90 Å². The number of benzene rings is 1. The van der Waals surface area contributed by atoms with Crippen molar-refractivity contribution in [2.75, 3.05) is 20.2 Å². The number of amides is 1. The van der Waals surface area contributed by atoms with E-state index in [-0.39, 0.29) is 19.1 Å². The number of carboxylic acid groups (broad SMARTS) is 1. The maximum atomic E-state index is 11.8. The molecular weight excluding hydrogens is 258 g/mol. The highest BCUT2D eigenvalue weighted by Crippen LogP contribution is 2.13. The Morgan fingerprint density at radius 1 is 1.40 bits per heavy atom. The molecule has 0 fully saturated rings. The molecule has 0 heterocycles. The quantitative estimate of drug-likeness (QED) is 0.826. The van der Waals surface area contributed by atoms with Crippen LogP contribution in [-0.4, -0.2) is 42.1 Å². The van der Waals surface area contributed by atoms with Gasteiger partial charge in [-0.2, -0.15) is 0 Å². The van der Waals surface area contributed by atoms with Crippen molar-refractivity contribution in [2.24, 2.45) is 5.92 Å². The van der Waals surface area contributed by atoms with Crippen LogP contribution in [0.3, 0.4) is 0 Å². The average molecular weight is 279 g/mol. The highest BCUT2D eigenvalue weighted by atomic mass is 16.5. The summed E-state index contributed by atoms with van der Waals surface area (Å²) >= 11 is 0. The minimum atomic E-state index is -0.916. The van der Waals surface area contributed by atoms with Crippen molar-refractivity contribution < 1.29 is 19.4 Å². The summed E-state index contributed by atoms with van der Waals surface area (Å²) in [6.45, 7) is 3.70. The maximum absolute atomic E-state index is 11.8. The summed E-state index contributed by atoms with van der Waals surface area (Å²) in [6, 6.07) is 7.57. The molecule has 1 rings (SSSR count). The van der Waals surface area contributed by atoms with E-state index >= 15 is 0 Å². The zero-order valence-corrected chi connectivity index (χ0v) is 12.1. The lowest BCUT2D eigenvalue weighted by atomic mass is 10.2. The zero-order chi connectivity index (χ0) is 15.1. The van der Waals surface area contributed by atoms with Crippen LogP contribution in [0.25, 0.3) is 0 Å². The number of carbonyl (C=O) groups excluding carboxylic acids is 1. The maximum Gasteiger partial charge on any atom is 0.308 e. The summed E-state index contributed by atoms with van der Waals surface area (Å²) in [4.78, 5) is 24.0. The molecule has 20 heavy (non-hydrogen) atoms. The number of rotatable bonds is 7. The molecule has 0 aliphatic heterocycles. The van der Waals surface area contributed by atoms with Crippen LogP contribution in [0.5, 0.6) is 5.75 Å². The number of ether oxygens (including phenoxy) is 1. The highest BCUT2D eigenvalue weighted by molar-refractivity contribution is 5.78. The summed E-state index contributed by atoms with van der Waals surface area (Å²) in [7, 11) is 1.58. The Kier molecular flexibility index (Phi) is 6.03. The topological polar surface area (TPSA) is 66.8 Å². The van der Waals surface area contributed by atoms with Gasteiger partial charge >= 0.3 is 5.97 Å². The second-order valence-electron chi connectivity index (χ2n) is 4.80. The van der Waals surface area contributed by atoms with Crippen LogP contribution in [0.4, 0.5) is 0 Å². The molecule has 0 bridgehead atoms. The van der Waals surface area contributed by atoms with Gasteiger partial charge in [0.25, 0.3) is 5.91 Å². The largest absolute Gasteiger partial charge is 0.484 e.